The second kappa shape index (κ2) is 4.03. The van der Waals surface area contributed by atoms with Crippen LogP contribution in [0.1, 0.15) is 5.56 Å². The van der Waals surface area contributed by atoms with Gasteiger partial charge in [-0.2, -0.15) is 0 Å². The predicted octanol–water partition coefficient (Wildman–Crippen LogP) is 2.99. The lowest BCUT2D eigenvalue weighted by atomic mass is 10.0. The van der Waals surface area contributed by atoms with E-state index < -0.39 is 0 Å². The molecule has 84 valence electrons. The van der Waals surface area contributed by atoms with Crippen LogP contribution in [-0.2, 0) is 6.61 Å². The number of aromatic nitrogens is 1. The molecule has 0 fully saturated rings. The van der Waals surface area contributed by atoms with Crippen LogP contribution in [0.15, 0.2) is 53.3 Å². The van der Waals surface area contributed by atoms with E-state index in [1.54, 1.807) is 12.5 Å². The average molecular weight is 225 g/mol. The van der Waals surface area contributed by atoms with E-state index in [0.717, 1.165) is 27.8 Å². The molecule has 3 aromatic rings. The fourth-order valence-corrected chi connectivity index (χ4v) is 2.00. The smallest absolute Gasteiger partial charge is 0.137 e. The first-order chi connectivity index (χ1) is 8.40. The number of hydrogen-bond acceptors (Lipinski definition) is 3. The molecule has 17 heavy (non-hydrogen) atoms. The minimum atomic E-state index is 0.00604. The summed E-state index contributed by atoms with van der Waals surface area (Å²) >= 11 is 0. The Bertz CT molecular complexity index is 658. The van der Waals surface area contributed by atoms with Crippen LogP contribution in [0.2, 0.25) is 0 Å². The van der Waals surface area contributed by atoms with Crippen molar-refractivity contribution in [2.24, 2.45) is 0 Å². The van der Waals surface area contributed by atoms with Crippen molar-refractivity contribution in [1.29, 1.82) is 0 Å². The van der Waals surface area contributed by atoms with Crippen LogP contribution in [-0.4, -0.2) is 10.1 Å². The van der Waals surface area contributed by atoms with E-state index in [1.807, 2.05) is 36.4 Å². The number of fused-ring (bicyclic) bond motifs is 1. The first-order valence-electron chi connectivity index (χ1n) is 5.41. The maximum atomic E-state index is 9.35. The van der Waals surface area contributed by atoms with Gasteiger partial charge < -0.3 is 9.52 Å². The van der Waals surface area contributed by atoms with Gasteiger partial charge in [0.25, 0.3) is 0 Å². The summed E-state index contributed by atoms with van der Waals surface area (Å²) in [6.45, 7) is 0.00604. The summed E-state index contributed by atoms with van der Waals surface area (Å²) in [4.78, 5) is 4.39. The highest BCUT2D eigenvalue weighted by Crippen LogP contribution is 2.29. The number of aliphatic hydroxyl groups is 1. The molecular formula is C14H11NO2. The van der Waals surface area contributed by atoms with Crippen LogP contribution in [0.5, 0.6) is 0 Å². The second-order valence-corrected chi connectivity index (χ2v) is 3.81. The highest BCUT2D eigenvalue weighted by Gasteiger charge is 2.10. The molecule has 0 aliphatic rings. The van der Waals surface area contributed by atoms with Gasteiger partial charge in [0.2, 0.25) is 0 Å². The Labute approximate surface area is 98.3 Å². The van der Waals surface area contributed by atoms with Gasteiger partial charge in [0, 0.05) is 17.1 Å². The molecule has 3 heteroatoms. The first kappa shape index (κ1) is 10.1. The van der Waals surface area contributed by atoms with Crippen LogP contribution in [0.4, 0.5) is 0 Å². The SMILES string of the molecule is OCc1ccccc1-c1nccc2occc12. The van der Waals surface area contributed by atoms with Gasteiger partial charge in [0.15, 0.2) is 0 Å². The molecule has 1 aromatic carbocycles. The molecule has 3 nitrogen and oxygen atoms in total. The molecular weight excluding hydrogens is 214 g/mol. The Morgan fingerprint density at radius 3 is 2.88 bits per heavy atom. The van der Waals surface area contributed by atoms with Crippen LogP contribution >= 0.6 is 0 Å². The summed E-state index contributed by atoms with van der Waals surface area (Å²) in [5.41, 5.74) is 3.47. The van der Waals surface area contributed by atoms with Gasteiger partial charge in [-0.05, 0) is 17.7 Å². The number of nitrogens with zero attached hydrogens (tertiary/aromatic N) is 1. The number of benzene rings is 1. The van der Waals surface area contributed by atoms with E-state index in [4.69, 9.17) is 4.42 Å². The van der Waals surface area contributed by atoms with Crippen molar-refractivity contribution in [3.63, 3.8) is 0 Å². The van der Waals surface area contributed by atoms with Gasteiger partial charge in [0.1, 0.15) is 5.58 Å². The van der Waals surface area contributed by atoms with Gasteiger partial charge in [0.05, 0.1) is 18.6 Å². The molecule has 0 atom stereocenters. The molecule has 2 aromatic heterocycles. The molecule has 0 saturated heterocycles. The van der Waals surface area contributed by atoms with Gasteiger partial charge in [-0.1, -0.05) is 24.3 Å². The first-order valence-corrected chi connectivity index (χ1v) is 5.41. The highest BCUT2D eigenvalue weighted by molar-refractivity contribution is 5.92. The van der Waals surface area contributed by atoms with Crippen LogP contribution < -0.4 is 0 Å². The number of aliphatic hydroxyl groups excluding tert-OH is 1. The molecule has 0 unspecified atom stereocenters. The summed E-state index contributed by atoms with van der Waals surface area (Å²) in [5.74, 6) is 0. The fraction of sp³-hybridized carbons (Fsp3) is 0.0714. The van der Waals surface area contributed by atoms with Crippen LogP contribution in [0.3, 0.4) is 0 Å². The molecule has 3 rings (SSSR count). The summed E-state index contributed by atoms with van der Waals surface area (Å²) in [5, 5.41) is 10.3. The molecule has 0 saturated carbocycles. The van der Waals surface area contributed by atoms with Crippen molar-refractivity contribution in [3.05, 3.63) is 54.4 Å². The van der Waals surface area contributed by atoms with Crippen LogP contribution in [0, 0.1) is 0 Å². The molecule has 0 amide bonds. The second-order valence-electron chi connectivity index (χ2n) is 3.81. The Hall–Kier alpha value is -2.13. The average Bonchev–Trinajstić information content (AvgIpc) is 2.86. The Morgan fingerprint density at radius 2 is 2.00 bits per heavy atom. The topological polar surface area (TPSA) is 46.3 Å². The summed E-state index contributed by atoms with van der Waals surface area (Å²) in [6.07, 6.45) is 3.37. The predicted molar refractivity (Wildman–Crippen MR) is 65.4 cm³/mol. The lowest BCUT2D eigenvalue weighted by Crippen LogP contribution is -1.91. The van der Waals surface area contributed by atoms with E-state index in [0.29, 0.717) is 0 Å². The minimum Gasteiger partial charge on any atom is -0.464 e. The van der Waals surface area contributed by atoms with E-state index in [1.165, 1.54) is 0 Å². The maximum absolute atomic E-state index is 9.35. The van der Waals surface area contributed by atoms with E-state index >= 15 is 0 Å². The van der Waals surface area contributed by atoms with Gasteiger partial charge in [-0.25, -0.2) is 0 Å². The normalized spacial score (nSPS) is 10.9. The number of hydrogen-bond donors (Lipinski definition) is 1. The van der Waals surface area contributed by atoms with E-state index in [9.17, 15) is 5.11 Å². The number of furan rings is 1. The van der Waals surface area contributed by atoms with Gasteiger partial charge >= 0.3 is 0 Å². The summed E-state index contributed by atoms with van der Waals surface area (Å²) in [7, 11) is 0. The Balaban J connectivity index is 2.30. The zero-order chi connectivity index (χ0) is 11.7. The fourth-order valence-electron chi connectivity index (χ4n) is 2.00. The molecule has 0 radical (unpaired) electrons. The monoisotopic (exact) mass is 225 g/mol. The van der Waals surface area contributed by atoms with E-state index in [2.05, 4.69) is 4.98 Å². The summed E-state index contributed by atoms with van der Waals surface area (Å²) < 4.78 is 5.35. The third-order valence-electron chi connectivity index (χ3n) is 2.82. The quantitative estimate of drug-likeness (QED) is 0.729. The molecule has 0 spiro atoms. The third kappa shape index (κ3) is 1.61. The molecule has 0 bridgehead atoms. The van der Waals surface area contributed by atoms with E-state index in [-0.39, 0.29) is 6.61 Å². The van der Waals surface area contributed by atoms with Crippen molar-refractivity contribution in [2.45, 2.75) is 6.61 Å². The van der Waals surface area contributed by atoms with Crippen molar-refractivity contribution in [1.82, 2.24) is 4.98 Å². The molecule has 1 N–H and O–H groups in total. The summed E-state index contributed by atoms with van der Waals surface area (Å²) in [6, 6.07) is 11.4. The maximum Gasteiger partial charge on any atom is 0.137 e. The molecule has 0 aliphatic carbocycles. The van der Waals surface area contributed by atoms with Crippen molar-refractivity contribution < 1.29 is 9.52 Å². The third-order valence-corrected chi connectivity index (χ3v) is 2.82. The lowest BCUT2D eigenvalue weighted by Gasteiger charge is -2.06. The van der Waals surface area contributed by atoms with Gasteiger partial charge in [-0.15, -0.1) is 0 Å². The largest absolute Gasteiger partial charge is 0.464 e. The van der Waals surface area contributed by atoms with Crippen LogP contribution in [0.25, 0.3) is 22.2 Å². The minimum absolute atomic E-state index is 0.00604. The van der Waals surface area contributed by atoms with Gasteiger partial charge in [-0.3, -0.25) is 4.98 Å². The lowest BCUT2D eigenvalue weighted by molar-refractivity contribution is 0.282. The van der Waals surface area contributed by atoms with Crippen molar-refractivity contribution >= 4 is 11.0 Å². The standard InChI is InChI=1S/C14H11NO2/c16-9-10-3-1-2-4-11(10)14-12-6-8-17-13(12)5-7-15-14/h1-8,16H,9H2. The van der Waals surface area contributed by atoms with Crippen molar-refractivity contribution in [3.8, 4) is 11.3 Å². The Morgan fingerprint density at radius 1 is 1.12 bits per heavy atom. The highest BCUT2D eigenvalue weighted by atomic mass is 16.3. The molecule has 2 heterocycles. The number of rotatable bonds is 2. The van der Waals surface area contributed by atoms with Crippen molar-refractivity contribution in [2.75, 3.05) is 0 Å². The zero-order valence-electron chi connectivity index (χ0n) is 9.13. The Kier molecular flexibility index (Phi) is 2.38. The zero-order valence-corrected chi connectivity index (χ0v) is 9.13. The number of pyridine rings is 1. The molecule has 0 aliphatic heterocycles.